The zero-order chi connectivity index (χ0) is 9.10. The molecule has 2 aromatic rings. The first-order valence-corrected chi connectivity index (χ1v) is 4.21. The Bertz CT molecular complexity index is 396. The second-order valence-electron chi connectivity index (χ2n) is 2.93. The van der Waals surface area contributed by atoms with Crippen molar-refractivity contribution in [2.45, 2.75) is 6.92 Å². The van der Waals surface area contributed by atoms with Crippen molar-refractivity contribution in [3.05, 3.63) is 48.2 Å². The van der Waals surface area contributed by atoms with Crippen molar-refractivity contribution in [2.75, 3.05) is 0 Å². The molecule has 0 aliphatic heterocycles. The molecule has 64 valence electrons. The lowest BCUT2D eigenvalue weighted by molar-refractivity contribution is 1.02. The maximum absolute atomic E-state index is 4.10. The summed E-state index contributed by atoms with van der Waals surface area (Å²) in [6.07, 6.45) is 1.71. The average Bonchev–Trinajstić information content (AvgIpc) is 2.20. The second kappa shape index (κ2) is 3.35. The van der Waals surface area contributed by atoms with E-state index >= 15 is 0 Å². The van der Waals surface area contributed by atoms with Gasteiger partial charge in [0, 0.05) is 11.8 Å². The molecule has 0 saturated heterocycles. The molecule has 13 heavy (non-hydrogen) atoms. The molecule has 2 heteroatoms. The fraction of sp³-hybridized carbons (Fsp3) is 0.0909. The van der Waals surface area contributed by atoms with Gasteiger partial charge in [0.1, 0.15) is 0 Å². The van der Waals surface area contributed by atoms with Crippen LogP contribution in [0, 0.1) is 6.92 Å². The Labute approximate surface area is 77.3 Å². The fourth-order valence-corrected chi connectivity index (χ4v) is 1.28. The van der Waals surface area contributed by atoms with Crippen LogP contribution in [-0.4, -0.2) is 10.2 Å². The van der Waals surface area contributed by atoms with E-state index in [1.54, 1.807) is 6.20 Å². The minimum absolute atomic E-state index is 0.961. The third kappa shape index (κ3) is 1.56. The summed E-state index contributed by atoms with van der Waals surface area (Å²) in [5, 5.41) is 7.97. The van der Waals surface area contributed by atoms with Crippen LogP contribution in [0.5, 0.6) is 0 Å². The largest absolute Gasteiger partial charge is 0.159 e. The molecule has 0 N–H and O–H groups in total. The van der Waals surface area contributed by atoms with Crippen LogP contribution in [0.15, 0.2) is 42.6 Å². The zero-order valence-electron chi connectivity index (χ0n) is 7.44. The number of hydrogen-bond donors (Lipinski definition) is 0. The third-order valence-electron chi connectivity index (χ3n) is 1.97. The number of aryl methyl sites for hydroxylation is 1. The Morgan fingerprint density at radius 1 is 1.00 bits per heavy atom. The van der Waals surface area contributed by atoms with Gasteiger partial charge in [0.05, 0.1) is 5.69 Å². The summed E-state index contributed by atoms with van der Waals surface area (Å²) in [4.78, 5) is 0. The average molecular weight is 170 g/mol. The monoisotopic (exact) mass is 170 g/mol. The highest BCUT2D eigenvalue weighted by Crippen LogP contribution is 2.18. The lowest BCUT2D eigenvalue weighted by Gasteiger charge is -2.01. The van der Waals surface area contributed by atoms with E-state index in [1.165, 1.54) is 0 Å². The molecule has 1 aromatic heterocycles. The number of aromatic nitrogens is 2. The van der Waals surface area contributed by atoms with Crippen LogP contribution < -0.4 is 0 Å². The summed E-state index contributed by atoms with van der Waals surface area (Å²) < 4.78 is 0. The molecule has 0 amide bonds. The quantitative estimate of drug-likeness (QED) is 0.657. The van der Waals surface area contributed by atoms with Gasteiger partial charge in [0.2, 0.25) is 0 Å². The zero-order valence-corrected chi connectivity index (χ0v) is 7.44. The molecule has 2 rings (SSSR count). The smallest absolute Gasteiger partial charge is 0.0958 e. The fourth-order valence-electron chi connectivity index (χ4n) is 1.28. The van der Waals surface area contributed by atoms with Crippen LogP contribution in [0.2, 0.25) is 0 Å². The first kappa shape index (κ1) is 7.92. The molecular formula is C11H10N2. The minimum atomic E-state index is 0.961. The van der Waals surface area contributed by atoms with Gasteiger partial charge in [-0.25, -0.2) is 0 Å². The van der Waals surface area contributed by atoms with Gasteiger partial charge in [-0.3, -0.25) is 0 Å². The van der Waals surface area contributed by atoms with Crippen LogP contribution in [-0.2, 0) is 0 Å². The van der Waals surface area contributed by atoms with Crippen LogP contribution in [0.3, 0.4) is 0 Å². The van der Waals surface area contributed by atoms with Crippen LogP contribution in [0.1, 0.15) is 5.56 Å². The summed E-state index contributed by atoms with van der Waals surface area (Å²) >= 11 is 0. The van der Waals surface area contributed by atoms with Crippen molar-refractivity contribution >= 4 is 0 Å². The van der Waals surface area contributed by atoms with Gasteiger partial charge >= 0.3 is 0 Å². The molecule has 0 atom stereocenters. The van der Waals surface area contributed by atoms with E-state index in [-0.39, 0.29) is 0 Å². The van der Waals surface area contributed by atoms with Crippen molar-refractivity contribution in [1.82, 2.24) is 10.2 Å². The van der Waals surface area contributed by atoms with E-state index in [1.807, 2.05) is 43.3 Å². The molecule has 1 heterocycles. The Balaban J connectivity index is 2.54. The molecule has 0 unspecified atom stereocenters. The van der Waals surface area contributed by atoms with E-state index < -0.39 is 0 Å². The highest BCUT2D eigenvalue weighted by Gasteiger charge is 2.00. The summed E-state index contributed by atoms with van der Waals surface area (Å²) in [5.41, 5.74) is 3.23. The Morgan fingerprint density at radius 2 is 1.77 bits per heavy atom. The second-order valence-corrected chi connectivity index (χ2v) is 2.93. The minimum Gasteiger partial charge on any atom is -0.159 e. The number of hydrogen-bond acceptors (Lipinski definition) is 2. The molecule has 0 bridgehead atoms. The SMILES string of the molecule is Cc1ccnnc1-c1ccccc1. The van der Waals surface area contributed by atoms with Crippen molar-refractivity contribution in [1.29, 1.82) is 0 Å². The van der Waals surface area contributed by atoms with Gasteiger partial charge in [0.15, 0.2) is 0 Å². The van der Waals surface area contributed by atoms with Crippen molar-refractivity contribution < 1.29 is 0 Å². The van der Waals surface area contributed by atoms with E-state index in [9.17, 15) is 0 Å². The highest BCUT2D eigenvalue weighted by molar-refractivity contribution is 5.61. The van der Waals surface area contributed by atoms with E-state index in [0.29, 0.717) is 0 Å². The first-order chi connectivity index (χ1) is 6.38. The maximum Gasteiger partial charge on any atom is 0.0958 e. The maximum atomic E-state index is 4.10. The van der Waals surface area contributed by atoms with Gasteiger partial charge in [-0.05, 0) is 18.6 Å². The van der Waals surface area contributed by atoms with Gasteiger partial charge < -0.3 is 0 Å². The molecular weight excluding hydrogens is 160 g/mol. The van der Waals surface area contributed by atoms with Crippen molar-refractivity contribution in [2.24, 2.45) is 0 Å². The number of benzene rings is 1. The summed E-state index contributed by atoms with van der Waals surface area (Å²) in [7, 11) is 0. The van der Waals surface area contributed by atoms with Crippen LogP contribution in [0.25, 0.3) is 11.3 Å². The van der Waals surface area contributed by atoms with Gasteiger partial charge in [-0.15, -0.1) is 0 Å². The van der Waals surface area contributed by atoms with E-state index in [2.05, 4.69) is 10.2 Å². The Kier molecular flexibility index (Phi) is 2.04. The predicted octanol–water partition coefficient (Wildman–Crippen LogP) is 2.45. The molecule has 0 aliphatic carbocycles. The lowest BCUT2D eigenvalue weighted by Crippen LogP contribution is -1.89. The van der Waals surface area contributed by atoms with E-state index in [0.717, 1.165) is 16.8 Å². The van der Waals surface area contributed by atoms with Crippen molar-refractivity contribution in [3.63, 3.8) is 0 Å². The Morgan fingerprint density at radius 3 is 2.46 bits per heavy atom. The predicted molar refractivity (Wildman–Crippen MR) is 52.2 cm³/mol. The number of rotatable bonds is 1. The van der Waals surface area contributed by atoms with Crippen molar-refractivity contribution in [3.8, 4) is 11.3 Å². The summed E-state index contributed by atoms with van der Waals surface area (Å²) in [5.74, 6) is 0. The van der Waals surface area contributed by atoms with Gasteiger partial charge in [0.25, 0.3) is 0 Å². The normalized spacial score (nSPS) is 9.92. The highest BCUT2D eigenvalue weighted by atomic mass is 15.1. The van der Waals surface area contributed by atoms with Crippen LogP contribution >= 0.6 is 0 Å². The molecule has 0 saturated carbocycles. The molecule has 0 fully saturated rings. The lowest BCUT2D eigenvalue weighted by atomic mass is 10.1. The van der Waals surface area contributed by atoms with E-state index in [4.69, 9.17) is 0 Å². The molecule has 0 aliphatic rings. The molecule has 0 radical (unpaired) electrons. The topological polar surface area (TPSA) is 25.8 Å². The van der Waals surface area contributed by atoms with Gasteiger partial charge in [-0.2, -0.15) is 10.2 Å². The molecule has 0 spiro atoms. The Hall–Kier alpha value is -1.70. The summed E-state index contributed by atoms with van der Waals surface area (Å²) in [6.45, 7) is 2.04. The first-order valence-electron chi connectivity index (χ1n) is 4.21. The molecule has 2 nitrogen and oxygen atoms in total. The molecule has 1 aromatic carbocycles. The summed E-state index contributed by atoms with van der Waals surface area (Å²) in [6, 6.07) is 12.0. The van der Waals surface area contributed by atoms with Crippen LogP contribution in [0.4, 0.5) is 0 Å². The standard InChI is InChI=1S/C11H10N2/c1-9-7-8-12-13-11(9)10-5-3-2-4-6-10/h2-8H,1H3. The third-order valence-corrected chi connectivity index (χ3v) is 1.97. The van der Waals surface area contributed by atoms with Gasteiger partial charge in [-0.1, -0.05) is 30.3 Å². The number of nitrogens with zero attached hydrogens (tertiary/aromatic N) is 2.